The van der Waals surface area contributed by atoms with Crippen LogP contribution in [0.1, 0.15) is 36.5 Å². The number of hydrogen-bond donors (Lipinski definition) is 4. The van der Waals surface area contributed by atoms with Crippen LogP contribution >= 0.6 is 0 Å². The molecule has 1 rings (SSSR count). The zero-order valence-electron chi connectivity index (χ0n) is 13.1. The van der Waals surface area contributed by atoms with E-state index in [9.17, 15) is 9.90 Å². The molecule has 1 aromatic carbocycles. The summed E-state index contributed by atoms with van der Waals surface area (Å²) < 4.78 is 10.6. The number of nitrogen functional groups attached to an aromatic ring is 2. The van der Waals surface area contributed by atoms with Gasteiger partial charge in [0.2, 0.25) is 0 Å². The van der Waals surface area contributed by atoms with Crippen molar-refractivity contribution in [1.82, 2.24) is 0 Å². The number of benzene rings is 1. The van der Waals surface area contributed by atoms with E-state index in [0.29, 0.717) is 37.6 Å². The van der Waals surface area contributed by atoms with Crippen molar-refractivity contribution in [3.63, 3.8) is 0 Å². The number of carbonyl (C=O) groups is 1. The first kappa shape index (κ1) is 17.9. The van der Waals surface area contributed by atoms with Gasteiger partial charge in [-0.3, -0.25) is 0 Å². The highest BCUT2D eigenvalue weighted by Crippen LogP contribution is 2.37. The second-order valence-electron chi connectivity index (χ2n) is 4.91. The molecule has 0 amide bonds. The van der Waals surface area contributed by atoms with Crippen LogP contribution in [0, 0.1) is 0 Å². The number of carboxylic acid groups (broad SMARTS) is 1. The minimum Gasteiger partial charge on any atom is -0.491 e. The molecule has 6 N–H and O–H groups in total. The van der Waals surface area contributed by atoms with Crippen molar-refractivity contribution in [3.8, 4) is 5.75 Å². The molecule has 0 heterocycles. The summed E-state index contributed by atoms with van der Waals surface area (Å²) in [5.74, 6) is -0.688. The molecule has 0 aromatic heterocycles. The second kappa shape index (κ2) is 8.99. The summed E-state index contributed by atoms with van der Waals surface area (Å²) in [5, 5.41) is 12.4. The molecule has 22 heavy (non-hydrogen) atoms. The summed E-state index contributed by atoms with van der Waals surface area (Å²) in [6.45, 7) is 3.76. The monoisotopic (exact) mass is 311 g/mol. The molecule has 7 heteroatoms. The third-order valence-corrected chi connectivity index (χ3v) is 3.16. The van der Waals surface area contributed by atoms with E-state index in [-0.39, 0.29) is 16.9 Å². The van der Waals surface area contributed by atoms with Crippen LogP contribution in [0.4, 0.5) is 17.1 Å². The van der Waals surface area contributed by atoms with Crippen molar-refractivity contribution in [2.75, 3.05) is 43.7 Å². The number of nitrogens with one attached hydrogen (secondary N) is 1. The van der Waals surface area contributed by atoms with Gasteiger partial charge in [-0.05, 0) is 6.42 Å². The lowest BCUT2D eigenvalue weighted by atomic mass is 10.1. The maximum absolute atomic E-state index is 11.3. The molecular weight excluding hydrogens is 286 g/mol. The predicted octanol–water partition coefficient (Wildman–Crippen LogP) is 2.18. The summed E-state index contributed by atoms with van der Waals surface area (Å²) in [6, 6.07) is 1.50. The Kier molecular flexibility index (Phi) is 7.31. The van der Waals surface area contributed by atoms with E-state index in [0.717, 1.165) is 12.8 Å². The van der Waals surface area contributed by atoms with E-state index < -0.39 is 5.97 Å². The third-order valence-electron chi connectivity index (χ3n) is 3.16. The van der Waals surface area contributed by atoms with Crippen molar-refractivity contribution < 1.29 is 19.4 Å². The first-order valence-electron chi connectivity index (χ1n) is 7.33. The summed E-state index contributed by atoms with van der Waals surface area (Å²) in [4.78, 5) is 11.3. The molecule has 0 unspecified atom stereocenters. The molecule has 0 atom stereocenters. The number of unbranched alkanes of at least 4 members (excludes halogenated alkanes) is 1. The van der Waals surface area contributed by atoms with Crippen LogP contribution in [-0.4, -0.2) is 37.9 Å². The number of hydrogen-bond acceptors (Lipinski definition) is 6. The van der Waals surface area contributed by atoms with Gasteiger partial charge in [0, 0.05) is 32.7 Å². The first-order chi connectivity index (χ1) is 10.5. The van der Waals surface area contributed by atoms with E-state index >= 15 is 0 Å². The van der Waals surface area contributed by atoms with Crippen LogP contribution in [0.25, 0.3) is 0 Å². The summed E-state index contributed by atoms with van der Waals surface area (Å²) in [6.07, 6.45) is 2.67. The molecule has 0 fully saturated rings. The van der Waals surface area contributed by atoms with Gasteiger partial charge in [-0.1, -0.05) is 13.3 Å². The number of methoxy groups -OCH3 is 1. The topological polar surface area (TPSA) is 120 Å². The molecule has 1 aromatic rings. The Morgan fingerprint density at radius 1 is 1.32 bits per heavy atom. The van der Waals surface area contributed by atoms with Crippen LogP contribution in [-0.2, 0) is 4.74 Å². The molecule has 0 saturated carbocycles. The highest BCUT2D eigenvalue weighted by Gasteiger charge is 2.20. The number of anilines is 3. The van der Waals surface area contributed by atoms with Crippen LogP contribution in [0.3, 0.4) is 0 Å². The van der Waals surface area contributed by atoms with E-state index in [4.69, 9.17) is 20.9 Å². The first-order valence-corrected chi connectivity index (χ1v) is 7.33. The van der Waals surface area contributed by atoms with Gasteiger partial charge >= 0.3 is 5.97 Å². The molecule has 7 nitrogen and oxygen atoms in total. The molecule has 0 radical (unpaired) electrons. The molecule has 0 spiro atoms. The van der Waals surface area contributed by atoms with Gasteiger partial charge in [-0.2, -0.15) is 0 Å². The van der Waals surface area contributed by atoms with E-state index in [1.807, 2.05) is 0 Å². The largest absolute Gasteiger partial charge is 0.491 e. The average molecular weight is 311 g/mol. The van der Waals surface area contributed by atoms with Crippen LogP contribution in [0.2, 0.25) is 0 Å². The van der Waals surface area contributed by atoms with E-state index in [2.05, 4.69) is 12.2 Å². The predicted molar refractivity (Wildman–Crippen MR) is 87.6 cm³/mol. The van der Waals surface area contributed by atoms with Crippen molar-refractivity contribution in [2.24, 2.45) is 0 Å². The minimum absolute atomic E-state index is 0.0905. The molecule has 0 aliphatic carbocycles. The van der Waals surface area contributed by atoms with Crippen molar-refractivity contribution in [2.45, 2.75) is 26.2 Å². The molecule has 124 valence electrons. The molecular formula is C15H25N3O4. The lowest BCUT2D eigenvalue weighted by Crippen LogP contribution is -2.14. The van der Waals surface area contributed by atoms with Crippen LogP contribution < -0.4 is 21.5 Å². The zero-order valence-corrected chi connectivity index (χ0v) is 13.1. The standard InChI is InChI=1S/C15H25N3O4/c1-3-4-6-18-14-11(22-8-5-7-21-2)9-10(16)12(13(14)17)15(19)20/h9,18H,3-8,16-17H2,1-2H3,(H,19,20). The Hall–Kier alpha value is -2.15. The van der Waals surface area contributed by atoms with Gasteiger partial charge in [0.1, 0.15) is 17.0 Å². The lowest BCUT2D eigenvalue weighted by Gasteiger charge is -2.18. The van der Waals surface area contributed by atoms with Gasteiger partial charge in [0.25, 0.3) is 0 Å². The number of carboxylic acids is 1. The Morgan fingerprint density at radius 2 is 2.05 bits per heavy atom. The van der Waals surface area contributed by atoms with Crippen molar-refractivity contribution in [1.29, 1.82) is 0 Å². The van der Waals surface area contributed by atoms with Gasteiger partial charge < -0.3 is 31.4 Å². The Morgan fingerprint density at radius 3 is 2.64 bits per heavy atom. The smallest absolute Gasteiger partial charge is 0.340 e. The van der Waals surface area contributed by atoms with Crippen molar-refractivity contribution >= 4 is 23.0 Å². The molecule has 0 bridgehead atoms. The highest BCUT2D eigenvalue weighted by molar-refractivity contribution is 6.04. The zero-order chi connectivity index (χ0) is 16.5. The van der Waals surface area contributed by atoms with Gasteiger partial charge in [-0.25, -0.2) is 4.79 Å². The van der Waals surface area contributed by atoms with E-state index in [1.165, 1.54) is 6.07 Å². The maximum Gasteiger partial charge on any atom is 0.340 e. The molecule has 0 saturated heterocycles. The Bertz CT molecular complexity index is 506. The molecule has 0 aliphatic rings. The minimum atomic E-state index is -1.15. The third kappa shape index (κ3) is 4.70. The normalized spacial score (nSPS) is 10.5. The van der Waals surface area contributed by atoms with Gasteiger partial charge in [-0.15, -0.1) is 0 Å². The number of aromatic carboxylic acids is 1. The fourth-order valence-corrected chi connectivity index (χ4v) is 2.01. The number of nitrogens with two attached hydrogens (primary N) is 2. The Labute approximate surface area is 130 Å². The summed E-state index contributed by atoms with van der Waals surface area (Å²) in [7, 11) is 1.62. The van der Waals surface area contributed by atoms with Crippen molar-refractivity contribution in [3.05, 3.63) is 11.6 Å². The fourth-order valence-electron chi connectivity index (χ4n) is 2.01. The lowest BCUT2D eigenvalue weighted by molar-refractivity contribution is 0.0699. The summed E-state index contributed by atoms with van der Waals surface area (Å²) >= 11 is 0. The van der Waals surface area contributed by atoms with Gasteiger partial charge in [0.15, 0.2) is 0 Å². The highest BCUT2D eigenvalue weighted by atomic mass is 16.5. The van der Waals surface area contributed by atoms with E-state index in [1.54, 1.807) is 7.11 Å². The fraction of sp³-hybridized carbons (Fsp3) is 0.533. The summed E-state index contributed by atoms with van der Waals surface area (Å²) in [5.41, 5.74) is 12.3. The van der Waals surface area contributed by atoms with Crippen LogP contribution in [0.5, 0.6) is 5.75 Å². The SMILES string of the molecule is CCCCNc1c(OCCCOC)cc(N)c(C(=O)O)c1N. The number of rotatable bonds is 10. The van der Waals surface area contributed by atoms with Crippen LogP contribution in [0.15, 0.2) is 6.07 Å². The average Bonchev–Trinajstić information content (AvgIpc) is 2.46. The maximum atomic E-state index is 11.3. The Balaban J connectivity index is 3.03. The quantitative estimate of drug-likeness (QED) is 0.386. The molecule has 0 aliphatic heterocycles. The second-order valence-corrected chi connectivity index (χ2v) is 4.91. The van der Waals surface area contributed by atoms with Gasteiger partial charge in [0.05, 0.1) is 18.0 Å². The number of ether oxygens (including phenoxy) is 2.